The van der Waals surface area contributed by atoms with Crippen molar-refractivity contribution in [1.29, 1.82) is 0 Å². The summed E-state index contributed by atoms with van der Waals surface area (Å²) in [5, 5.41) is 5.40. The van der Waals surface area contributed by atoms with Gasteiger partial charge in [0.25, 0.3) is 5.91 Å². The van der Waals surface area contributed by atoms with Crippen LogP contribution in [0.25, 0.3) is 0 Å². The molecular weight excluding hydrogens is 268 g/mol. The number of hydrogen-bond donors (Lipinski definition) is 3. The van der Waals surface area contributed by atoms with E-state index in [2.05, 4.69) is 15.6 Å². The quantitative estimate of drug-likeness (QED) is 0.717. The number of pyridine rings is 1. The van der Waals surface area contributed by atoms with Crippen molar-refractivity contribution in [2.75, 3.05) is 5.73 Å². The maximum Gasteiger partial charge on any atom is 0.252 e. The van der Waals surface area contributed by atoms with E-state index in [0.29, 0.717) is 0 Å². The van der Waals surface area contributed by atoms with E-state index >= 15 is 0 Å². The normalized spacial score (nSPS) is 12.1. The number of carbonyl (C=O) groups is 2. The zero-order valence-corrected chi connectivity index (χ0v) is 11.8. The third-order valence-electron chi connectivity index (χ3n) is 2.25. The molecule has 1 heterocycles. The number of carbonyl (C=O) groups excluding carboxylic acids is 2. The third-order valence-corrected chi connectivity index (χ3v) is 2.44. The van der Waals surface area contributed by atoms with Crippen LogP contribution in [0.1, 0.15) is 31.1 Å². The van der Waals surface area contributed by atoms with Gasteiger partial charge in [0.05, 0.1) is 0 Å². The zero-order chi connectivity index (χ0) is 14.6. The Hall–Kier alpha value is -1.82. The van der Waals surface area contributed by atoms with Crippen molar-refractivity contribution in [3.63, 3.8) is 0 Å². The van der Waals surface area contributed by atoms with E-state index < -0.39 is 11.9 Å². The minimum absolute atomic E-state index is 0.0119. The molecule has 0 saturated carbocycles. The van der Waals surface area contributed by atoms with Gasteiger partial charge in [0, 0.05) is 11.6 Å². The van der Waals surface area contributed by atoms with E-state index in [9.17, 15) is 9.59 Å². The summed E-state index contributed by atoms with van der Waals surface area (Å²) in [4.78, 5) is 27.3. The second-order valence-electron chi connectivity index (χ2n) is 4.46. The number of anilines is 1. The SMILES string of the molecule is CC(C)NC(=O)C(C)NC(=O)c1cc(N)nc(Cl)c1. The Kier molecular flexibility index (Phi) is 5.11. The molecule has 1 rings (SSSR count). The summed E-state index contributed by atoms with van der Waals surface area (Å²) in [5.41, 5.74) is 5.76. The summed E-state index contributed by atoms with van der Waals surface area (Å²) in [6.45, 7) is 5.29. The lowest BCUT2D eigenvalue weighted by atomic mass is 10.2. The molecule has 0 aromatic carbocycles. The molecule has 0 radical (unpaired) electrons. The average molecular weight is 285 g/mol. The van der Waals surface area contributed by atoms with Crippen LogP contribution in [0.5, 0.6) is 0 Å². The highest BCUT2D eigenvalue weighted by Gasteiger charge is 2.17. The van der Waals surface area contributed by atoms with Gasteiger partial charge in [-0.25, -0.2) is 4.98 Å². The van der Waals surface area contributed by atoms with Crippen LogP contribution in [0, 0.1) is 0 Å². The van der Waals surface area contributed by atoms with E-state index in [-0.39, 0.29) is 28.5 Å². The molecule has 19 heavy (non-hydrogen) atoms. The summed E-state index contributed by atoms with van der Waals surface area (Å²) in [7, 11) is 0. The van der Waals surface area contributed by atoms with E-state index in [4.69, 9.17) is 17.3 Å². The van der Waals surface area contributed by atoms with Gasteiger partial charge in [0.15, 0.2) is 0 Å². The molecule has 0 bridgehead atoms. The van der Waals surface area contributed by atoms with Crippen LogP contribution < -0.4 is 16.4 Å². The summed E-state index contributed by atoms with van der Waals surface area (Å²) in [6, 6.07) is 2.15. The molecule has 4 N–H and O–H groups in total. The van der Waals surface area contributed by atoms with Gasteiger partial charge in [-0.05, 0) is 32.9 Å². The lowest BCUT2D eigenvalue weighted by Crippen LogP contribution is -2.46. The molecule has 0 aliphatic carbocycles. The van der Waals surface area contributed by atoms with Crippen molar-refractivity contribution >= 4 is 29.2 Å². The first kappa shape index (κ1) is 15.2. The molecule has 0 spiro atoms. The van der Waals surface area contributed by atoms with Gasteiger partial charge < -0.3 is 16.4 Å². The summed E-state index contributed by atoms with van der Waals surface area (Å²) in [5.74, 6) is -0.532. The molecule has 1 aromatic heterocycles. The Bertz CT molecular complexity index is 470. The zero-order valence-electron chi connectivity index (χ0n) is 11.0. The molecular formula is C12H17ClN4O2. The summed E-state index contributed by atoms with van der Waals surface area (Å²) >= 11 is 5.71. The van der Waals surface area contributed by atoms with Crippen molar-refractivity contribution < 1.29 is 9.59 Å². The van der Waals surface area contributed by atoms with Crippen LogP contribution in [0.15, 0.2) is 12.1 Å². The standard InChI is InChI=1S/C12H17ClN4O2/c1-6(2)15-11(18)7(3)16-12(19)8-4-9(13)17-10(14)5-8/h4-7H,1-3H3,(H2,14,17)(H,15,18)(H,16,19). The summed E-state index contributed by atoms with van der Waals surface area (Å²) < 4.78 is 0. The minimum atomic E-state index is -0.650. The molecule has 0 fully saturated rings. The van der Waals surface area contributed by atoms with E-state index in [0.717, 1.165) is 0 Å². The van der Waals surface area contributed by atoms with Crippen molar-refractivity contribution in [2.24, 2.45) is 0 Å². The van der Waals surface area contributed by atoms with Crippen LogP contribution >= 0.6 is 11.6 Å². The number of nitrogen functional groups attached to an aromatic ring is 1. The van der Waals surface area contributed by atoms with Crippen LogP contribution in [0.4, 0.5) is 5.82 Å². The number of nitrogens with zero attached hydrogens (tertiary/aromatic N) is 1. The average Bonchev–Trinajstić information content (AvgIpc) is 2.26. The van der Waals surface area contributed by atoms with Crippen LogP contribution in [0.2, 0.25) is 5.15 Å². The van der Waals surface area contributed by atoms with Gasteiger partial charge in [-0.2, -0.15) is 0 Å². The Labute approximate surface area is 116 Å². The Morgan fingerprint density at radius 3 is 2.42 bits per heavy atom. The molecule has 1 unspecified atom stereocenters. The first-order valence-electron chi connectivity index (χ1n) is 5.84. The predicted molar refractivity (Wildman–Crippen MR) is 73.9 cm³/mol. The van der Waals surface area contributed by atoms with Crippen molar-refractivity contribution in [2.45, 2.75) is 32.9 Å². The highest BCUT2D eigenvalue weighted by atomic mass is 35.5. The van der Waals surface area contributed by atoms with E-state index in [1.54, 1.807) is 6.92 Å². The van der Waals surface area contributed by atoms with Crippen molar-refractivity contribution in [3.8, 4) is 0 Å². The van der Waals surface area contributed by atoms with Gasteiger partial charge in [-0.3, -0.25) is 9.59 Å². The van der Waals surface area contributed by atoms with Crippen molar-refractivity contribution in [3.05, 3.63) is 22.8 Å². The fraction of sp³-hybridized carbons (Fsp3) is 0.417. The molecule has 2 amide bonds. The van der Waals surface area contributed by atoms with E-state index in [1.165, 1.54) is 12.1 Å². The fourth-order valence-corrected chi connectivity index (χ4v) is 1.62. The van der Waals surface area contributed by atoms with Crippen LogP contribution in [-0.4, -0.2) is 28.9 Å². The smallest absolute Gasteiger partial charge is 0.252 e. The van der Waals surface area contributed by atoms with Crippen LogP contribution in [0.3, 0.4) is 0 Å². The number of nitrogens with two attached hydrogens (primary N) is 1. The molecule has 0 aliphatic rings. The maximum atomic E-state index is 11.9. The largest absolute Gasteiger partial charge is 0.384 e. The molecule has 6 nitrogen and oxygen atoms in total. The van der Waals surface area contributed by atoms with Gasteiger partial charge in [-0.1, -0.05) is 11.6 Å². The lowest BCUT2D eigenvalue weighted by molar-refractivity contribution is -0.123. The third kappa shape index (κ3) is 4.75. The van der Waals surface area contributed by atoms with Gasteiger partial charge in [0.1, 0.15) is 17.0 Å². The lowest BCUT2D eigenvalue weighted by Gasteiger charge is -2.16. The van der Waals surface area contributed by atoms with Crippen LogP contribution in [-0.2, 0) is 4.79 Å². The first-order valence-corrected chi connectivity index (χ1v) is 6.21. The number of rotatable bonds is 4. The fourth-order valence-electron chi connectivity index (χ4n) is 1.40. The molecule has 1 atom stereocenters. The first-order chi connectivity index (χ1) is 8.79. The van der Waals surface area contributed by atoms with Gasteiger partial charge in [-0.15, -0.1) is 0 Å². The maximum absolute atomic E-state index is 11.9. The van der Waals surface area contributed by atoms with Crippen molar-refractivity contribution in [1.82, 2.24) is 15.6 Å². The predicted octanol–water partition coefficient (Wildman–Crippen LogP) is 0.960. The Balaban J connectivity index is 2.71. The Morgan fingerprint density at radius 2 is 1.89 bits per heavy atom. The number of aromatic nitrogens is 1. The molecule has 0 aliphatic heterocycles. The number of amides is 2. The molecule has 1 aromatic rings. The van der Waals surface area contributed by atoms with Gasteiger partial charge >= 0.3 is 0 Å². The van der Waals surface area contributed by atoms with E-state index in [1.807, 2.05) is 13.8 Å². The van der Waals surface area contributed by atoms with Gasteiger partial charge in [0.2, 0.25) is 5.91 Å². The number of halogens is 1. The second-order valence-corrected chi connectivity index (χ2v) is 4.85. The Morgan fingerprint density at radius 1 is 1.26 bits per heavy atom. The monoisotopic (exact) mass is 284 g/mol. The highest BCUT2D eigenvalue weighted by Crippen LogP contribution is 2.12. The highest BCUT2D eigenvalue weighted by molar-refractivity contribution is 6.29. The summed E-state index contributed by atoms with van der Waals surface area (Å²) in [6.07, 6.45) is 0. The second kappa shape index (κ2) is 6.38. The molecule has 104 valence electrons. The number of hydrogen-bond acceptors (Lipinski definition) is 4. The molecule has 7 heteroatoms. The number of nitrogens with one attached hydrogen (secondary N) is 2. The minimum Gasteiger partial charge on any atom is -0.384 e. The topological polar surface area (TPSA) is 97.1 Å². The molecule has 0 saturated heterocycles.